The van der Waals surface area contributed by atoms with Gasteiger partial charge in [-0.05, 0) is 19.3 Å². The molecule has 15 heavy (non-hydrogen) atoms. The lowest BCUT2D eigenvalue weighted by atomic mass is 10.2. The summed E-state index contributed by atoms with van der Waals surface area (Å²) in [7, 11) is 0. The van der Waals surface area contributed by atoms with E-state index in [1.54, 1.807) is 5.38 Å². The molecule has 0 aromatic carbocycles. The van der Waals surface area contributed by atoms with Crippen molar-refractivity contribution in [3.63, 3.8) is 0 Å². The van der Waals surface area contributed by atoms with Crippen molar-refractivity contribution in [2.24, 2.45) is 0 Å². The lowest BCUT2D eigenvalue weighted by Crippen LogP contribution is -2.25. The number of thiophene rings is 1. The smallest absolute Gasteiger partial charge is 0.346 e. The van der Waals surface area contributed by atoms with Gasteiger partial charge < -0.3 is 14.9 Å². The number of rotatable bonds is 3. The third-order valence-electron chi connectivity index (χ3n) is 2.49. The molecule has 5 heteroatoms. The van der Waals surface area contributed by atoms with Gasteiger partial charge in [0, 0.05) is 11.4 Å². The van der Waals surface area contributed by atoms with Crippen LogP contribution in [0.2, 0.25) is 0 Å². The zero-order chi connectivity index (χ0) is 10.8. The van der Waals surface area contributed by atoms with Crippen LogP contribution in [0, 0.1) is 0 Å². The molecule has 2 N–H and O–H groups in total. The van der Waals surface area contributed by atoms with Crippen molar-refractivity contribution in [2.45, 2.75) is 31.5 Å². The zero-order valence-corrected chi connectivity index (χ0v) is 8.87. The van der Waals surface area contributed by atoms with Crippen molar-refractivity contribution in [3.8, 4) is 5.75 Å². The first-order chi connectivity index (χ1) is 7.16. The molecule has 1 aliphatic carbocycles. The molecule has 2 unspecified atom stereocenters. The molecule has 0 spiro atoms. The highest BCUT2D eigenvalue weighted by atomic mass is 32.1. The van der Waals surface area contributed by atoms with Crippen LogP contribution in [0.4, 0.5) is 0 Å². The summed E-state index contributed by atoms with van der Waals surface area (Å²) in [6.45, 7) is 0. The molecule has 2 rings (SSSR count). The normalized spacial score (nSPS) is 25.4. The highest BCUT2D eigenvalue weighted by molar-refractivity contribution is 7.12. The average molecular weight is 228 g/mol. The number of aliphatic hydroxyl groups excluding tert-OH is 1. The van der Waals surface area contributed by atoms with Crippen molar-refractivity contribution in [1.82, 2.24) is 0 Å². The minimum absolute atomic E-state index is 0.179. The molecule has 1 heterocycles. The summed E-state index contributed by atoms with van der Waals surface area (Å²) in [4.78, 5) is 10.9. The van der Waals surface area contributed by atoms with Gasteiger partial charge in [0.05, 0.1) is 6.10 Å². The molecule has 4 nitrogen and oxygen atoms in total. The summed E-state index contributed by atoms with van der Waals surface area (Å²) >= 11 is 1.14. The first-order valence-corrected chi connectivity index (χ1v) is 5.71. The van der Waals surface area contributed by atoms with E-state index in [2.05, 4.69) is 0 Å². The lowest BCUT2D eigenvalue weighted by molar-refractivity contribution is 0.0604. The summed E-state index contributed by atoms with van der Waals surface area (Å²) in [5.74, 6) is -0.398. The van der Waals surface area contributed by atoms with Crippen LogP contribution in [0.25, 0.3) is 0 Å². The number of ether oxygens (including phenoxy) is 1. The number of carboxylic acids is 1. The van der Waals surface area contributed by atoms with Gasteiger partial charge >= 0.3 is 5.97 Å². The van der Waals surface area contributed by atoms with Crippen molar-refractivity contribution in [3.05, 3.63) is 16.3 Å². The van der Waals surface area contributed by atoms with Gasteiger partial charge in [-0.2, -0.15) is 0 Å². The number of aliphatic hydroxyl groups is 1. The summed E-state index contributed by atoms with van der Waals surface area (Å²) in [6.07, 6.45) is 1.96. The summed E-state index contributed by atoms with van der Waals surface area (Å²) in [5, 5.41) is 19.9. The van der Waals surface area contributed by atoms with Gasteiger partial charge in [-0.1, -0.05) is 0 Å². The van der Waals surface area contributed by atoms with Crippen molar-refractivity contribution in [2.75, 3.05) is 0 Å². The van der Waals surface area contributed by atoms with Gasteiger partial charge in [0.2, 0.25) is 0 Å². The Balaban J connectivity index is 2.01. The topological polar surface area (TPSA) is 66.8 Å². The second kappa shape index (κ2) is 4.20. The van der Waals surface area contributed by atoms with E-state index in [9.17, 15) is 9.90 Å². The quantitative estimate of drug-likeness (QED) is 0.827. The minimum Gasteiger partial charge on any atom is -0.487 e. The van der Waals surface area contributed by atoms with Crippen molar-refractivity contribution >= 4 is 17.3 Å². The van der Waals surface area contributed by atoms with E-state index in [0.717, 1.165) is 30.6 Å². The Kier molecular flexibility index (Phi) is 2.93. The maximum atomic E-state index is 10.6. The van der Waals surface area contributed by atoms with Crippen molar-refractivity contribution in [1.29, 1.82) is 0 Å². The maximum Gasteiger partial charge on any atom is 0.346 e. The molecule has 0 bridgehead atoms. The predicted molar refractivity (Wildman–Crippen MR) is 55.6 cm³/mol. The first-order valence-electron chi connectivity index (χ1n) is 4.83. The molecule has 82 valence electrons. The van der Waals surface area contributed by atoms with Gasteiger partial charge in [0.15, 0.2) is 0 Å². The van der Waals surface area contributed by atoms with Crippen LogP contribution in [-0.4, -0.2) is 28.4 Å². The Labute approximate surface area is 91.1 Å². The molecule has 0 amide bonds. The van der Waals surface area contributed by atoms with E-state index in [-0.39, 0.29) is 11.0 Å². The Morgan fingerprint density at radius 1 is 1.53 bits per heavy atom. The first kappa shape index (κ1) is 10.4. The average Bonchev–Trinajstić information content (AvgIpc) is 2.77. The Hall–Kier alpha value is -1.07. The van der Waals surface area contributed by atoms with Gasteiger partial charge in [-0.3, -0.25) is 0 Å². The van der Waals surface area contributed by atoms with Crippen LogP contribution in [-0.2, 0) is 0 Å². The molecular formula is C10H12O4S. The number of carboxylic acid groups (broad SMARTS) is 1. The van der Waals surface area contributed by atoms with Crippen LogP contribution < -0.4 is 4.74 Å². The van der Waals surface area contributed by atoms with E-state index < -0.39 is 12.1 Å². The SMILES string of the molecule is O=C(O)c1cc(OC2CCCC2O)cs1. The fourth-order valence-corrected chi connectivity index (χ4v) is 2.36. The minimum atomic E-state index is -0.943. The van der Waals surface area contributed by atoms with E-state index in [1.807, 2.05) is 0 Å². The number of carbonyl (C=O) groups is 1. The van der Waals surface area contributed by atoms with Crippen LogP contribution in [0.1, 0.15) is 28.9 Å². The Morgan fingerprint density at radius 3 is 2.87 bits per heavy atom. The third kappa shape index (κ3) is 2.30. The Morgan fingerprint density at radius 2 is 2.33 bits per heavy atom. The fourth-order valence-electron chi connectivity index (χ4n) is 1.71. The molecule has 1 saturated carbocycles. The van der Waals surface area contributed by atoms with E-state index in [1.165, 1.54) is 6.07 Å². The molecule has 0 saturated heterocycles. The highest BCUT2D eigenvalue weighted by Crippen LogP contribution is 2.28. The standard InChI is InChI=1S/C10H12O4S/c11-7-2-1-3-8(7)14-6-4-9(10(12)13)15-5-6/h4-5,7-8,11H,1-3H2,(H,12,13). The third-order valence-corrected chi connectivity index (χ3v) is 3.39. The predicted octanol–water partition coefficient (Wildman–Crippen LogP) is 1.74. The van der Waals surface area contributed by atoms with Gasteiger partial charge in [-0.25, -0.2) is 4.79 Å². The summed E-state index contributed by atoms with van der Waals surface area (Å²) in [6, 6.07) is 1.50. The van der Waals surface area contributed by atoms with Crippen LogP contribution in [0.5, 0.6) is 5.75 Å². The van der Waals surface area contributed by atoms with Gasteiger partial charge in [0.25, 0.3) is 0 Å². The van der Waals surface area contributed by atoms with E-state index in [4.69, 9.17) is 9.84 Å². The molecule has 0 aliphatic heterocycles. The molecule has 1 aromatic rings. The monoisotopic (exact) mass is 228 g/mol. The fraction of sp³-hybridized carbons (Fsp3) is 0.500. The lowest BCUT2D eigenvalue weighted by Gasteiger charge is -2.15. The molecule has 1 aliphatic rings. The number of hydrogen-bond acceptors (Lipinski definition) is 4. The highest BCUT2D eigenvalue weighted by Gasteiger charge is 2.27. The maximum absolute atomic E-state index is 10.6. The molecule has 0 radical (unpaired) electrons. The van der Waals surface area contributed by atoms with Gasteiger partial charge in [0.1, 0.15) is 16.7 Å². The van der Waals surface area contributed by atoms with Gasteiger partial charge in [-0.15, -0.1) is 11.3 Å². The molecular weight excluding hydrogens is 216 g/mol. The van der Waals surface area contributed by atoms with Crippen LogP contribution >= 0.6 is 11.3 Å². The molecule has 1 aromatic heterocycles. The molecule has 2 atom stereocenters. The summed E-state index contributed by atoms with van der Waals surface area (Å²) in [5.41, 5.74) is 0. The van der Waals surface area contributed by atoms with Crippen LogP contribution in [0.3, 0.4) is 0 Å². The number of aromatic carboxylic acids is 1. The van der Waals surface area contributed by atoms with E-state index >= 15 is 0 Å². The number of hydrogen-bond donors (Lipinski definition) is 2. The van der Waals surface area contributed by atoms with Crippen LogP contribution in [0.15, 0.2) is 11.4 Å². The second-order valence-electron chi connectivity index (χ2n) is 3.61. The Bertz CT molecular complexity index is 360. The second-order valence-corrected chi connectivity index (χ2v) is 4.52. The van der Waals surface area contributed by atoms with E-state index in [0.29, 0.717) is 5.75 Å². The molecule has 1 fully saturated rings. The largest absolute Gasteiger partial charge is 0.487 e. The zero-order valence-electron chi connectivity index (χ0n) is 8.05. The summed E-state index contributed by atoms with van der Waals surface area (Å²) < 4.78 is 5.52. The van der Waals surface area contributed by atoms with Crippen molar-refractivity contribution < 1.29 is 19.7 Å².